The SMILES string of the molecule is Cc1c(C(=O)O)[nH]c2c1C(=O)C[C@H](c1ccc(C(C)(C)C)cc1)C2. The van der Waals surface area contributed by atoms with Gasteiger partial charge in [-0.3, -0.25) is 4.79 Å². The lowest BCUT2D eigenvalue weighted by Crippen LogP contribution is -2.19. The van der Waals surface area contributed by atoms with Gasteiger partial charge in [0.15, 0.2) is 5.78 Å². The number of ketones is 1. The van der Waals surface area contributed by atoms with Crippen LogP contribution in [0.5, 0.6) is 0 Å². The summed E-state index contributed by atoms with van der Waals surface area (Å²) in [7, 11) is 0. The average Bonchev–Trinajstić information content (AvgIpc) is 2.84. The first-order chi connectivity index (χ1) is 11.2. The van der Waals surface area contributed by atoms with Gasteiger partial charge in [0, 0.05) is 17.7 Å². The quantitative estimate of drug-likeness (QED) is 0.868. The molecule has 1 aromatic carbocycles. The van der Waals surface area contributed by atoms with E-state index >= 15 is 0 Å². The highest BCUT2D eigenvalue weighted by Gasteiger charge is 2.31. The van der Waals surface area contributed by atoms with Gasteiger partial charge in [-0.25, -0.2) is 4.79 Å². The Bertz CT molecular complexity index is 807. The van der Waals surface area contributed by atoms with Gasteiger partial charge in [-0.05, 0) is 41.4 Å². The van der Waals surface area contributed by atoms with Crippen molar-refractivity contribution < 1.29 is 14.7 Å². The summed E-state index contributed by atoms with van der Waals surface area (Å²) in [5.74, 6) is -0.887. The standard InChI is InChI=1S/C20H23NO3/c1-11-17-15(21-18(11)19(23)24)9-13(10-16(17)22)12-5-7-14(8-6-12)20(2,3)4/h5-8,13,21H,9-10H2,1-4H3,(H,23,24)/t13-/m1/s1. The maximum Gasteiger partial charge on any atom is 0.352 e. The molecule has 126 valence electrons. The number of carboxylic acids is 1. The lowest BCUT2D eigenvalue weighted by molar-refractivity contribution is 0.0690. The van der Waals surface area contributed by atoms with Crippen LogP contribution < -0.4 is 0 Å². The zero-order valence-electron chi connectivity index (χ0n) is 14.6. The van der Waals surface area contributed by atoms with Crippen LogP contribution >= 0.6 is 0 Å². The van der Waals surface area contributed by atoms with Crippen LogP contribution in [0.3, 0.4) is 0 Å². The van der Waals surface area contributed by atoms with E-state index in [0.29, 0.717) is 24.0 Å². The minimum Gasteiger partial charge on any atom is -0.477 e. The monoisotopic (exact) mass is 325 g/mol. The molecule has 4 nitrogen and oxygen atoms in total. The summed E-state index contributed by atoms with van der Waals surface area (Å²) < 4.78 is 0. The summed E-state index contributed by atoms with van der Waals surface area (Å²) >= 11 is 0. The lowest BCUT2D eigenvalue weighted by atomic mass is 9.80. The van der Waals surface area contributed by atoms with Gasteiger partial charge in [0.1, 0.15) is 5.69 Å². The summed E-state index contributed by atoms with van der Waals surface area (Å²) in [6.45, 7) is 8.23. The van der Waals surface area contributed by atoms with Gasteiger partial charge in [0.2, 0.25) is 0 Å². The van der Waals surface area contributed by atoms with Crippen LogP contribution in [0.2, 0.25) is 0 Å². The molecule has 1 atom stereocenters. The van der Waals surface area contributed by atoms with Crippen molar-refractivity contribution in [1.82, 2.24) is 4.98 Å². The molecule has 4 heteroatoms. The second-order valence-corrected chi connectivity index (χ2v) is 7.68. The lowest BCUT2D eigenvalue weighted by Gasteiger charge is -2.24. The van der Waals surface area contributed by atoms with E-state index < -0.39 is 5.97 Å². The number of carboxylic acid groups (broad SMARTS) is 1. The number of fused-ring (bicyclic) bond motifs is 1. The van der Waals surface area contributed by atoms with Crippen LogP contribution in [-0.2, 0) is 11.8 Å². The second-order valence-electron chi connectivity index (χ2n) is 7.68. The molecule has 2 N–H and O–H groups in total. The van der Waals surface area contributed by atoms with Crippen molar-refractivity contribution in [3.05, 3.63) is 57.9 Å². The number of rotatable bonds is 2. The third kappa shape index (κ3) is 2.77. The number of hydrogen-bond acceptors (Lipinski definition) is 2. The van der Waals surface area contributed by atoms with Gasteiger partial charge in [-0.1, -0.05) is 45.0 Å². The molecule has 1 aliphatic carbocycles. The Balaban J connectivity index is 1.92. The first kappa shape index (κ1) is 16.5. The number of benzene rings is 1. The Hall–Kier alpha value is -2.36. The van der Waals surface area contributed by atoms with Gasteiger partial charge >= 0.3 is 5.97 Å². The number of aromatic nitrogens is 1. The number of aromatic carboxylic acids is 1. The predicted molar refractivity (Wildman–Crippen MR) is 93.0 cm³/mol. The van der Waals surface area contributed by atoms with Crippen molar-refractivity contribution in [2.24, 2.45) is 0 Å². The molecule has 0 amide bonds. The molecular formula is C20H23NO3. The van der Waals surface area contributed by atoms with E-state index in [9.17, 15) is 14.7 Å². The van der Waals surface area contributed by atoms with E-state index in [2.05, 4.69) is 50.0 Å². The summed E-state index contributed by atoms with van der Waals surface area (Å²) in [6, 6.07) is 8.44. The van der Waals surface area contributed by atoms with Crippen LogP contribution in [0.15, 0.2) is 24.3 Å². The zero-order chi connectivity index (χ0) is 17.6. The van der Waals surface area contributed by atoms with Crippen molar-refractivity contribution in [2.45, 2.75) is 51.9 Å². The Labute approximate surface area is 141 Å². The highest BCUT2D eigenvalue weighted by molar-refractivity contribution is 6.03. The fourth-order valence-electron chi connectivity index (χ4n) is 3.54. The Morgan fingerprint density at radius 3 is 2.33 bits per heavy atom. The average molecular weight is 325 g/mol. The zero-order valence-corrected chi connectivity index (χ0v) is 14.6. The van der Waals surface area contributed by atoms with Crippen LogP contribution in [0.25, 0.3) is 0 Å². The maximum absolute atomic E-state index is 12.5. The molecule has 1 heterocycles. The van der Waals surface area contributed by atoms with Crippen molar-refractivity contribution in [2.75, 3.05) is 0 Å². The number of H-pyrrole nitrogens is 1. The van der Waals surface area contributed by atoms with Gasteiger partial charge < -0.3 is 10.1 Å². The molecular weight excluding hydrogens is 302 g/mol. The molecule has 0 spiro atoms. The van der Waals surface area contributed by atoms with Gasteiger partial charge in [-0.15, -0.1) is 0 Å². The fraction of sp³-hybridized carbons (Fsp3) is 0.400. The predicted octanol–water partition coefficient (Wildman–Crippen LogP) is 4.23. The number of Topliss-reactive ketones (excluding diaryl/α,β-unsaturated/α-hetero) is 1. The summed E-state index contributed by atoms with van der Waals surface area (Å²) in [5, 5.41) is 9.25. The maximum atomic E-state index is 12.5. The number of aromatic amines is 1. The number of nitrogens with one attached hydrogen (secondary N) is 1. The normalized spacial score (nSPS) is 17.7. The highest BCUT2D eigenvalue weighted by atomic mass is 16.4. The molecule has 0 radical (unpaired) electrons. The molecule has 3 rings (SSSR count). The van der Waals surface area contributed by atoms with Crippen molar-refractivity contribution in [1.29, 1.82) is 0 Å². The van der Waals surface area contributed by atoms with Gasteiger partial charge in [0.25, 0.3) is 0 Å². The number of hydrogen-bond donors (Lipinski definition) is 2. The molecule has 0 aliphatic heterocycles. The van der Waals surface area contributed by atoms with Crippen LogP contribution in [-0.4, -0.2) is 21.8 Å². The Kier molecular flexibility index (Phi) is 3.86. The minimum absolute atomic E-state index is 0.0300. The summed E-state index contributed by atoms with van der Waals surface area (Å²) in [6.07, 6.45) is 1.10. The Morgan fingerprint density at radius 1 is 1.17 bits per heavy atom. The van der Waals surface area contributed by atoms with E-state index in [1.54, 1.807) is 6.92 Å². The summed E-state index contributed by atoms with van der Waals surface area (Å²) in [4.78, 5) is 26.8. The van der Waals surface area contributed by atoms with E-state index in [4.69, 9.17) is 0 Å². The molecule has 0 bridgehead atoms. The number of carbonyl (C=O) groups is 2. The van der Waals surface area contributed by atoms with Crippen molar-refractivity contribution in [3.8, 4) is 0 Å². The van der Waals surface area contributed by atoms with Gasteiger partial charge in [0.05, 0.1) is 0 Å². The molecule has 1 aromatic heterocycles. The molecule has 2 aromatic rings. The van der Waals surface area contributed by atoms with Crippen molar-refractivity contribution >= 4 is 11.8 Å². The molecule has 0 saturated heterocycles. The summed E-state index contributed by atoms with van der Waals surface area (Å²) in [5.41, 5.74) is 4.52. The van der Waals surface area contributed by atoms with Gasteiger partial charge in [-0.2, -0.15) is 0 Å². The fourth-order valence-corrected chi connectivity index (χ4v) is 3.54. The molecule has 0 saturated carbocycles. The second kappa shape index (κ2) is 5.62. The third-order valence-corrected chi connectivity index (χ3v) is 4.95. The molecule has 1 aliphatic rings. The molecule has 0 unspecified atom stereocenters. The molecule has 24 heavy (non-hydrogen) atoms. The smallest absolute Gasteiger partial charge is 0.352 e. The first-order valence-electron chi connectivity index (χ1n) is 8.27. The number of carbonyl (C=O) groups excluding carboxylic acids is 1. The minimum atomic E-state index is -1.01. The highest BCUT2D eigenvalue weighted by Crippen LogP contribution is 2.35. The topological polar surface area (TPSA) is 70.2 Å². The Morgan fingerprint density at radius 2 is 1.79 bits per heavy atom. The largest absolute Gasteiger partial charge is 0.477 e. The molecule has 0 fully saturated rings. The van der Waals surface area contributed by atoms with Crippen molar-refractivity contribution in [3.63, 3.8) is 0 Å². The van der Waals surface area contributed by atoms with Crippen LogP contribution in [0, 0.1) is 6.92 Å². The van der Waals surface area contributed by atoms with Crippen LogP contribution in [0.1, 0.15) is 76.3 Å². The third-order valence-electron chi connectivity index (χ3n) is 4.95. The van der Waals surface area contributed by atoms with Crippen LogP contribution in [0.4, 0.5) is 0 Å². The van der Waals surface area contributed by atoms with E-state index in [-0.39, 0.29) is 22.8 Å². The van der Waals surface area contributed by atoms with E-state index in [0.717, 1.165) is 11.3 Å². The van der Waals surface area contributed by atoms with E-state index in [1.165, 1.54) is 5.56 Å². The van der Waals surface area contributed by atoms with E-state index in [1.807, 2.05) is 0 Å². The first-order valence-corrected chi connectivity index (χ1v) is 8.27.